The molecule has 1 atom stereocenters. The van der Waals surface area contributed by atoms with Gasteiger partial charge in [0, 0.05) is 32.7 Å². The van der Waals surface area contributed by atoms with Gasteiger partial charge in [-0.2, -0.15) is 0 Å². The highest BCUT2D eigenvalue weighted by atomic mass is 16.3. The zero-order chi connectivity index (χ0) is 13.3. The van der Waals surface area contributed by atoms with Crippen molar-refractivity contribution in [1.29, 1.82) is 0 Å². The van der Waals surface area contributed by atoms with E-state index < -0.39 is 5.60 Å². The summed E-state index contributed by atoms with van der Waals surface area (Å²) in [4.78, 5) is 27.0. The van der Waals surface area contributed by atoms with E-state index in [0.29, 0.717) is 6.54 Å². The lowest BCUT2D eigenvalue weighted by molar-refractivity contribution is -0.126. The molecule has 2 amide bonds. The lowest BCUT2D eigenvalue weighted by Gasteiger charge is -2.38. The molecule has 6 nitrogen and oxygen atoms in total. The fourth-order valence-corrected chi connectivity index (χ4v) is 2.62. The Morgan fingerprint density at radius 2 is 1.89 bits per heavy atom. The predicted molar refractivity (Wildman–Crippen MR) is 65.9 cm³/mol. The number of β-amino-alcohol motifs (C(OH)–C–C–N with tert-alkyl or cyclic N) is 1. The Bertz CT molecular complexity index is 343. The zero-order valence-electron chi connectivity index (χ0n) is 11.0. The van der Waals surface area contributed by atoms with Gasteiger partial charge in [0.05, 0.1) is 18.1 Å². The second-order valence-electron chi connectivity index (χ2n) is 5.76. The van der Waals surface area contributed by atoms with Gasteiger partial charge in [-0.3, -0.25) is 24.7 Å². The Morgan fingerprint density at radius 1 is 1.28 bits per heavy atom. The van der Waals surface area contributed by atoms with Crippen molar-refractivity contribution in [2.45, 2.75) is 31.9 Å². The van der Waals surface area contributed by atoms with Gasteiger partial charge in [0.25, 0.3) is 0 Å². The van der Waals surface area contributed by atoms with Gasteiger partial charge in [-0.15, -0.1) is 0 Å². The number of piperazine rings is 1. The van der Waals surface area contributed by atoms with E-state index in [1.165, 1.54) is 0 Å². The van der Waals surface area contributed by atoms with E-state index in [0.717, 1.165) is 26.2 Å². The van der Waals surface area contributed by atoms with Gasteiger partial charge in [0.1, 0.15) is 0 Å². The molecule has 0 aromatic carbocycles. The minimum Gasteiger partial charge on any atom is -0.389 e. The van der Waals surface area contributed by atoms with Crippen molar-refractivity contribution in [3.8, 4) is 0 Å². The van der Waals surface area contributed by atoms with Gasteiger partial charge in [-0.1, -0.05) is 0 Å². The molecule has 2 rings (SSSR count). The molecule has 0 aromatic rings. The molecule has 0 radical (unpaired) electrons. The van der Waals surface area contributed by atoms with Gasteiger partial charge in [-0.25, -0.2) is 0 Å². The molecule has 102 valence electrons. The van der Waals surface area contributed by atoms with Crippen LogP contribution in [0, 0.1) is 0 Å². The minimum atomic E-state index is -0.692. The fourth-order valence-electron chi connectivity index (χ4n) is 2.62. The Labute approximate surface area is 107 Å². The number of imide groups is 1. The van der Waals surface area contributed by atoms with Crippen molar-refractivity contribution in [3.05, 3.63) is 0 Å². The largest absolute Gasteiger partial charge is 0.389 e. The van der Waals surface area contributed by atoms with Crippen LogP contribution in [-0.4, -0.2) is 71.1 Å². The van der Waals surface area contributed by atoms with Crippen molar-refractivity contribution in [3.63, 3.8) is 0 Å². The molecule has 0 spiro atoms. The molecule has 1 unspecified atom stereocenters. The summed E-state index contributed by atoms with van der Waals surface area (Å²) in [6.45, 7) is 7.40. The van der Waals surface area contributed by atoms with Crippen molar-refractivity contribution >= 4 is 11.8 Å². The molecular weight excluding hydrogens is 234 g/mol. The molecule has 0 aromatic heterocycles. The maximum absolute atomic E-state index is 11.6. The third-order valence-electron chi connectivity index (χ3n) is 3.40. The summed E-state index contributed by atoms with van der Waals surface area (Å²) < 4.78 is 0. The molecule has 18 heavy (non-hydrogen) atoms. The van der Waals surface area contributed by atoms with Crippen LogP contribution in [0.1, 0.15) is 20.3 Å². The number of hydrogen-bond donors (Lipinski definition) is 2. The smallest absolute Gasteiger partial charge is 0.244 e. The van der Waals surface area contributed by atoms with Crippen LogP contribution in [0.3, 0.4) is 0 Å². The maximum atomic E-state index is 11.6. The molecule has 2 N–H and O–H groups in total. The van der Waals surface area contributed by atoms with Gasteiger partial charge in [0.2, 0.25) is 11.8 Å². The van der Waals surface area contributed by atoms with Crippen LogP contribution in [0.15, 0.2) is 0 Å². The van der Waals surface area contributed by atoms with Gasteiger partial charge in [0.15, 0.2) is 0 Å². The molecule has 6 heteroatoms. The van der Waals surface area contributed by atoms with E-state index in [1.54, 1.807) is 13.8 Å². The van der Waals surface area contributed by atoms with Crippen LogP contribution < -0.4 is 5.32 Å². The topological polar surface area (TPSA) is 72.9 Å². The molecule has 2 fully saturated rings. The number of rotatable bonds is 3. The molecular formula is C12H21N3O3. The first-order valence-corrected chi connectivity index (χ1v) is 6.38. The summed E-state index contributed by atoms with van der Waals surface area (Å²) in [5.41, 5.74) is -0.692. The molecule has 0 saturated carbocycles. The lowest BCUT2D eigenvalue weighted by atomic mass is 10.1. The van der Waals surface area contributed by atoms with Crippen molar-refractivity contribution in [1.82, 2.24) is 15.1 Å². The molecule has 2 saturated heterocycles. The molecule has 0 bridgehead atoms. The van der Waals surface area contributed by atoms with Crippen LogP contribution in [0.4, 0.5) is 0 Å². The first-order valence-electron chi connectivity index (χ1n) is 6.38. The van der Waals surface area contributed by atoms with Crippen molar-refractivity contribution in [2.75, 3.05) is 32.7 Å². The highest BCUT2D eigenvalue weighted by Gasteiger charge is 2.36. The summed E-state index contributed by atoms with van der Waals surface area (Å²) in [6.07, 6.45) is 0.282. The second-order valence-corrected chi connectivity index (χ2v) is 5.76. The highest BCUT2D eigenvalue weighted by Crippen LogP contribution is 2.15. The van der Waals surface area contributed by atoms with Crippen LogP contribution >= 0.6 is 0 Å². The minimum absolute atomic E-state index is 0.170. The molecule has 0 aliphatic carbocycles. The van der Waals surface area contributed by atoms with Crippen LogP contribution in [0.2, 0.25) is 0 Å². The Kier molecular flexibility index (Phi) is 3.70. The number of amides is 2. The van der Waals surface area contributed by atoms with Crippen molar-refractivity contribution < 1.29 is 14.7 Å². The van der Waals surface area contributed by atoms with E-state index in [-0.39, 0.29) is 24.3 Å². The SMILES string of the molecule is CC(C)(O)CN1CCN(C2CC(=O)NC2=O)CC1. The summed E-state index contributed by atoms with van der Waals surface area (Å²) in [7, 11) is 0. The third kappa shape index (κ3) is 3.28. The van der Waals surface area contributed by atoms with Crippen molar-refractivity contribution in [2.24, 2.45) is 0 Å². The van der Waals surface area contributed by atoms with Crippen LogP contribution in [0.25, 0.3) is 0 Å². The van der Waals surface area contributed by atoms with E-state index in [9.17, 15) is 14.7 Å². The third-order valence-corrected chi connectivity index (χ3v) is 3.40. The summed E-state index contributed by atoms with van der Waals surface area (Å²) in [5.74, 6) is -0.347. The zero-order valence-corrected chi connectivity index (χ0v) is 11.0. The van der Waals surface area contributed by atoms with Crippen LogP contribution in [0.5, 0.6) is 0 Å². The first-order chi connectivity index (χ1) is 8.35. The molecule has 2 heterocycles. The van der Waals surface area contributed by atoms with Gasteiger partial charge in [-0.05, 0) is 13.8 Å². The van der Waals surface area contributed by atoms with E-state index in [4.69, 9.17) is 0 Å². The van der Waals surface area contributed by atoms with Gasteiger partial charge < -0.3 is 5.11 Å². The summed E-state index contributed by atoms with van der Waals surface area (Å²) in [5, 5.41) is 12.1. The standard InChI is InChI=1S/C12H21N3O3/c1-12(2,18)8-14-3-5-15(6-4-14)9-7-10(16)13-11(9)17/h9,18H,3-8H2,1-2H3,(H,13,16,17). The fraction of sp³-hybridized carbons (Fsp3) is 0.833. The number of carbonyl (C=O) groups excluding carboxylic acids is 2. The number of nitrogens with zero attached hydrogens (tertiary/aromatic N) is 2. The van der Waals surface area contributed by atoms with E-state index in [1.807, 2.05) is 0 Å². The first kappa shape index (κ1) is 13.5. The Morgan fingerprint density at radius 3 is 2.33 bits per heavy atom. The number of aliphatic hydroxyl groups is 1. The summed E-state index contributed by atoms with van der Waals surface area (Å²) >= 11 is 0. The van der Waals surface area contributed by atoms with E-state index >= 15 is 0 Å². The number of hydrogen-bond acceptors (Lipinski definition) is 5. The van der Waals surface area contributed by atoms with Gasteiger partial charge >= 0.3 is 0 Å². The quantitative estimate of drug-likeness (QED) is 0.619. The average Bonchev–Trinajstić information content (AvgIpc) is 2.57. The normalized spacial score (nSPS) is 27.6. The summed E-state index contributed by atoms with van der Waals surface area (Å²) in [6, 6.07) is -0.290. The molecule has 2 aliphatic heterocycles. The maximum Gasteiger partial charge on any atom is 0.244 e. The second kappa shape index (κ2) is 4.95. The van der Waals surface area contributed by atoms with Crippen LogP contribution in [-0.2, 0) is 9.59 Å². The average molecular weight is 255 g/mol. The Hall–Kier alpha value is -0.980. The molecule has 2 aliphatic rings. The monoisotopic (exact) mass is 255 g/mol. The Balaban J connectivity index is 1.83. The lowest BCUT2D eigenvalue weighted by Crippen LogP contribution is -2.54. The predicted octanol–water partition coefficient (Wildman–Crippen LogP) is -1.21. The highest BCUT2D eigenvalue weighted by molar-refractivity contribution is 6.05. The number of carbonyl (C=O) groups is 2. The number of nitrogens with one attached hydrogen (secondary N) is 1. The van der Waals surface area contributed by atoms with E-state index in [2.05, 4.69) is 15.1 Å².